The Bertz CT molecular complexity index is 778. The standard InChI is InChI=1S/C17H16N4O2/c1-21(2)15-8-4-7-14(10-15)17(23)20-19-16(22)13-6-3-5-12(9-13)11-18/h3-10H,1-2H3,(H,19,22)(H,20,23). The molecule has 0 fully saturated rings. The molecule has 0 saturated heterocycles. The highest BCUT2D eigenvalue weighted by Crippen LogP contribution is 2.13. The first-order chi connectivity index (χ1) is 11.0. The first-order valence-corrected chi connectivity index (χ1v) is 6.89. The Labute approximate surface area is 134 Å². The smallest absolute Gasteiger partial charge is 0.269 e. The zero-order valence-corrected chi connectivity index (χ0v) is 12.8. The number of nitrogens with zero attached hydrogens (tertiary/aromatic N) is 2. The van der Waals surface area contributed by atoms with Crippen LogP contribution in [0.25, 0.3) is 0 Å². The number of hydrazine groups is 1. The van der Waals surface area contributed by atoms with E-state index in [1.165, 1.54) is 6.07 Å². The van der Waals surface area contributed by atoms with Crippen molar-refractivity contribution in [1.82, 2.24) is 10.9 Å². The summed E-state index contributed by atoms with van der Waals surface area (Å²) in [6, 6.07) is 15.2. The molecule has 0 aliphatic heterocycles. The zero-order valence-electron chi connectivity index (χ0n) is 12.8. The molecule has 0 aliphatic carbocycles. The maximum atomic E-state index is 12.1. The topological polar surface area (TPSA) is 85.2 Å². The summed E-state index contributed by atoms with van der Waals surface area (Å²) in [5, 5.41) is 8.83. The summed E-state index contributed by atoms with van der Waals surface area (Å²) in [4.78, 5) is 25.9. The maximum absolute atomic E-state index is 12.1. The van der Waals surface area contributed by atoms with Crippen LogP contribution in [-0.4, -0.2) is 25.9 Å². The van der Waals surface area contributed by atoms with E-state index in [-0.39, 0.29) is 0 Å². The number of carbonyl (C=O) groups excluding carboxylic acids is 2. The van der Waals surface area contributed by atoms with E-state index in [4.69, 9.17) is 5.26 Å². The molecule has 0 spiro atoms. The average Bonchev–Trinajstić information content (AvgIpc) is 2.59. The van der Waals surface area contributed by atoms with E-state index in [0.717, 1.165) is 5.69 Å². The van der Waals surface area contributed by atoms with Crippen molar-refractivity contribution in [2.24, 2.45) is 0 Å². The Kier molecular flexibility index (Phi) is 4.95. The molecule has 2 aromatic rings. The largest absolute Gasteiger partial charge is 0.378 e. The number of nitriles is 1. The van der Waals surface area contributed by atoms with Gasteiger partial charge in [0.1, 0.15) is 0 Å². The van der Waals surface area contributed by atoms with Gasteiger partial charge in [-0.05, 0) is 36.4 Å². The van der Waals surface area contributed by atoms with E-state index in [9.17, 15) is 9.59 Å². The van der Waals surface area contributed by atoms with E-state index < -0.39 is 11.8 Å². The Morgan fingerprint density at radius 2 is 1.52 bits per heavy atom. The number of hydrogen-bond acceptors (Lipinski definition) is 4. The van der Waals surface area contributed by atoms with Crippen LogP contribution in [0.5, 0.6) is 0 Å². The van der Waals surface area contributed by atoms with Gasteiger partial charge in [-0.3, -0.25) is 20.4 Å². The van der Waals surface area contributed by atoms with Gasteiger partial charge >= 0.3 is 0 Å². The molecule has 6 nitrogen and oxygen atoms in total. The molecule has 2 N–H and O–H groups in total. The van der Waals surface area contributed by atoms with Crippen LogP contribution in [0.15, 0.2) is 48.5 Å². The SMILES string of the molecule is CN(C)c1cccc(C(=O)NNC(=O)c2cccc(C#N)c2)c1. The van der Waals surface area contributed by atoms with Crippen LogP contribution in [0.1, 0.15) is 26.3 Å². The quantitative estimate of drug-likeness (QED) is 0.845. The fraction of sp³-hybridized carbons (Fsp3) is 0.118. The Morgan fingerprint density at radius 3 is 2.09 bits per heavy atom. The molecule has 0 saturated carbocycles. The van der Waals surface area contributed by atoms with Gasteiger partial charge in [0, 0.05) is 30.9 Å². The highest BCUT2D eigenvalue weighted by Gasteiger charge is 2.10. The summed E-state index contributed by atoms with van der Waals surface area (Å²) in [7, 11) is 3.75. The third-order valence-electron chi connectivity index (χ3n) is 3.17. The number of amides is 2. The molecule has 116 valence electrons. The molecule has 2 amide bonds. The molecular weight excluding hydrogens is 292 g/mol. The molecule has 0 aromatic heterocycles. The summed E-state index contributed by atoms with van der Waals surface area (Å²) in [6.45, 7) is 0. The van der Waals surface area contributed by atoms with Gasteiger partial charge in [0.05, 0.1) is 11.6 Å². The molecule has 0 unspecified atom stereocenters. The van der Waals surface area contributed by atoms with Crippen LogP contribution in [0.4, 0.5) is 5.69 Å². The number of hydrogen-bond donors (Lipinski definition) is 2. The van der Waals surface area contributed by atoms with Crippen LogP contribution in [0.2, 0.25) is 0 Å². The number of benzene rings is 2. The zero-order chi connectivity index (χ0) is 16.8. The summed E-state index contributed by atoms with van der Waals surface area (Å²) in [5.74, 6) is -0.905. The first kappa shape index (κ1) is 16.0. The predicted molar refractivity (Wildman–Crippen MR) is 86.9 cm³/mol. The van der Waals surface area contributed by atoms with E-state index in [1.54, 1.807) is 36.4 Å². The third-order valence-corrected chi connectivity index (χ3v) is 3.17. The highest BCUT2D eigenvalue weighted by atomic mass is 16.2. The van der Waals surface area contributed by atoms with Gasteiger partial charge in [-0.1, -0.05) is 12.1 Å². The maximum Gasteiger partial charge on any atom is 0.269 e. The molecular formula is C17H16N4O2. The second-order valence-corrected chi connectivity index (χ2v) is 5.05. The lowest BCUT2D eigenvalue weighted by Gasteiger charge is -2.13. The van der Waals surface area contributed by atoms with Gasteiger partial charge in [-0.2, -0.15) is 5.26 Å². The van der Waals surface area contributed by atoms with Gasteiger partial charge in [-0.25, -0.2) is 0 Å². The molecule has 0 aliphatic rings. The Balaban J connectivity index is 2.02. The van der Waals surface area contributed by atoms with Crippen molar-refractivity contribution in [3.8, 4) is 6.07 Å². The van der Waals surface area contributed by atoms with Crippen molar-refractivity contribution in [3.63, 3.8) is 0 Å². The van der Waals surface area contributed by atoms with Crippen molar-refractivity contribution in [2.45, 2.75) is 0 Å². The van der Waals surface area contributed by atoms with Crippen molar-refractivity contribution >= 4 is 17.5 Å². The van der Waals surface area contributed by atoms with Gasteiger partial charge in [0.2, 0.25) is 0 Å². The lowest BCUT2D eigenvalue weighted by molar-refractivity contribution is 0.0846. The van der Waals surface area contributed by atoms with Crippen LogP contribution >= 0.6 is 0 Å². The number of anilines is 1. The van der Waals surface area contributed by atoms with Crippen molar-refractivity contribution in [1.29, 1.82) is 5.26 Å². The first-order valence-electron chi connectivity index (χ1n) is 6.89. The van der Waals surface area contributed by atoms with Crippen LogP contribution in [0.3, 0.4) is 0 Å². The summed E-state index contributed by atoms with van der Waals surface area (Å²) < 4.78 is 0. The molecule has 6 heteroatoms. The second kappa shape index (κ2) is 7.09. The minimum absolute atomic E-state index is 0.298. The van der Waals surface area contributed by atoms with Crippen LogP contribution < -0.4 is 15.8 Å². The van der Waals surface area contributed by atoms with Gasteiger partial charge < -0.3 is 4.90 Å². The Morgan fingerprint density at radius 1 is 0.957 bits per heavy atom. The van der Waals surface area contributed by atoms with Gasteiger partial charge in [-0.15, -0.1) is 0 Å². The molecule has 0 radical (unpaired) electrons. The highest BCUT2D eigenvalue weighted by molar-refractivity contribution is 5.99. The summed E-state index contributed by atoms with van der Waals surface area (Å²) in [6.07, 6.45) is 0. The molecule has 0 atom stereocenters. The lowest BCUT2D eigenvalue weighted by atomic mass is 10.1. The van der Waals surface area contributed by atoms with Crippen LogP contribution in [0, 0.1) is 11.3 Å². The fourth-order valence-corrected chi connectivity index (χ4v) is 1.91. The summed E-state index contributed by atoms with van der Waals surface area (Å²) >= 11 is 0. The molecule has 0 heterocycles. The summed E-state index contributed by atoms with van der Waals surface area (Å²) in [5.41, 5.74) is 6.68. The van der Waals surface area contributed by atoms with Gasteiger partial charge in [0.15, 0.2) is 0 Å². The Hall–Kier alpha value is -3.33. The predicted octanol–water partition coefficient (Wildman–Crippen LogP) is 1.70. The van der Waals surface area contributed by atoms with Crippen LogP contribution in [-0.2, 0) is 0 Å². The number of nitrogens with one attached hydrogen (secondary N) is 2. The molecule has 2 aromatic carbocycles. The van der Waals surface area contributed by atoms with Crippen molar-refractivity contribution < 1.29 is 9.59 Å². The average molecular weight is 308 g/mol. The second-order valence-electron chi connectivity index (χ2n) is 5.05. The van der Waals surface area contributed by atoms with E-state index in [1.807, 2.05) is 31.1 Å². The molecule has 2 rings (SSSR count). The monoisotopic (exact) mass is 308 g/mol. The van der Waals surface area contributed by atoms with Crippen molar-refractivity contribution in [2.75, 3.05) is 19.0 Å². The molecule has 23 heavy (non-hydrogen) atoms. The fourth-order valence-electron chi connectivity index (χ4n) is 1.91. The third kappa shape index (κ3) is 4.08. The van der Waals surface area contributed by atoms with Gasteiger partial charge in [0.25, 0.3) is 11.8 Å². The van der Waals surface area contributed by atoms with E-state index in [2.05, 4.69) is 10.9 Å². The number of rotatable bonds is 3. The number of carbonyl (C=O) groups is 2. The minimum Gasteiger partial charge on any atom is -0.378 e. The molecule has 0 bridgehead atoms. The minimum atomic E-state index is -0.487. The lowest BCUT2D eigenvalue weighted by Crippen LogP contribution is -2.41. The van der Waals surface area contributed by atoms with E-state index in [0.29, 0.717) is 16.7 Å². The normalized spacial score (nSPS) is 9.61. The van der Waals surface area contributed by atoms with E-state index >= 15 is 0 Å². The van der Waals surface area contributed by atoms with Crippen molar-refractivity contribution in [3.05, 3.63) is 65.2 Å².